The van der Waals surface area contributed by atoms with Gasteiger partial charge < -0.3 is 21.7 Å². The molecule has 0 heterocycles. The summed E-state index contributed by atoms with van der Waals surface area (Å²) >= 11 is 11.8. The van der Waals surface area contributed by atoms with Gasteiger partial charge in [-0.3, -0.25) is 0 Å². The third-order valence-corrected chi connectivity index (χ3v) is 3.21. The number of nitrogen functional groups attached to an aromatic ring is 2. The van der Waals surface area contributed by atoms with Gasteiger partial charge in [0.15, 0.2) is 0 Å². The summed E-state index contributed by atoms with van der Waals surface area (Å²) in [5.74, 6) is -0.150. The number of nitrogens with two attached hydrogens (primary N) is 2. The van der Waals surface area contributed by atoms with Crippen molar-refractivity contribution in [2.45, 2.75) is 0 Å². The van der Waals surface area contributed by atoms with E-state index in [2.05, 4.69) is 0 Å². The largest absolute Gasteiger partial charge is 0.506 e. The maximum absolute atomic E-state index is 9.67. The van der Waals surface area contributed by atoms with Gasteiger partial charge in [0.05, 0.1) is 11.4 Å². The summed E-state index contributed by atoms with van der Waals surface area (Å²) < 4.78 is -0.00153. The third kappa shape index (κ3) is 2.76. The van der Waals surface area contributed by atoms with E-state index in [0.29, 0.717) is 16.7 Å². The number of rotatable bonds is 2. The van der Waals surface area contributed by atoms with E-state index in [4.69, 9.17) is 34.7 Å². The normalized spacial score (nSPS) is 10.3. The molecule has 0 aromatic heterocycles. The molecule has 4 nitrogen and oxygen atoms in total. The average molecular weight is 311 g/mol. The van der Waals surface area contributed by atoms with Gasteiger partial charge in [0, 0.05) is 5.57 Å². The first kappa shape index (κ1) is 14.4. The Morgan fingerprint density at radius 2 is 1.20 bits per heavy atom. The van der Waals surface area contributed by atoms with Crippen molar-refractivity contribution in [3.63, 3.8) is 0 Å². The second-order valence-corrected chi connectivity index (χ2v) is 5.13. The van der Waals surface area contributed by atoms with E-state index >= 15 is 0 Å². The van der Waals surface area contributed by atoms with Gasteiger partial charge in [0.2, 0.25) is 0 Å². The van der Waals surface area contributed by atoms with E-state index in [1.54, 1.807) is 24.3 Å². The Morgan fingerprint density at radius 3 is 1.50 bits per heavy atom. The van der Waals surface area contributed by atoms with Crippen molar-refractivity contribution in [3.05, 3.63) is 52.0 Å². The Bertz CT molecular complexity index is 642. The fourth-order valence-electron chi connectivity index (χ4n) is 1.78. The standard InChI is InChI=1S/C14H12Cl2N2O2/c15-14(16)13(7-1-3-9(17)11(19)5-7)8-2-4-10(18)12(20)6-8/h1-6,19-20H,17-18H2. The molecule has 6 heteroatoms. The molecule has 0 spiro atoms. The lowest BCUT2D eigenvalue weighted by Crippen LogP contribution is -1.93. The molecule has 6 N–H and O–H groups in total. The molecule has 104 valence electrons. The minimum Gasteiger partial charge on any atom is -0.506 e. The van der Waals surface area contributed by atoms with Crippen molar-refractivity contribution in [2.75, 3.05) is 11.5 Å². The lowest BCUT2D eigenvalue weighted by molar-refractivity contribution is 0.477. The van der Waals surface area contributed by atoms with Gasteiger partial charge in [-0.25, -0.2) is 0 Å². The smallest absolute Gasteiger partial charge is 0.139 e. The topological polar surface area (TPSA) is 92.5 Å². The molecule has 2 aromatic carbocycles. The second-order valence-electron chi connectivity index (χ2n) is 4.18. The van der Waals surface area contributed by atoms with Crippen LogP contribution in [0, 0.1) is 0 Å². The summed E-state index contributed by atoms with van der Waals surface area (Å²) in [6, 6.07) is 9.31. The van der Waals surface area contributed by atoms with Gasteiger partial charge in [0.25, 0.3) is 0 Å². The molecule has 20 heavy (non-hydrogen) atoms. The van der Waals surface area contributed by atoms with Crippen LogP contribution in [0.4, 0.5) is 11.4 Å². The number of anilines is 2. The maximum Gasteiger partial charge on any atom is 0.139 e. The van der Waals surface area contributed by atoms with Gasteiger partial charge in [-0.05, 0) is 35.4 Å². The number of aromatic hydroxyl groups is 2. The molecule has 0 amide bonds. The van der Waals surface area contributed by atoms with Crippen molar-refractivity contribution in [1.29, 1.82) is 0 Å². The highest BCUT2D eigenvalue weighted by Crippen LogP contribution is 2.36. The highest BCUT2D eigenvalue weighted by atomic mass is 35.5. The first-order valence-electron chi connectivity index (χ1n) is 5.63. The summed E-state index contributed by atoms with van der Waals surface area (Å²) in [5.41, 5.74) is 13.2. The van der Waals surface area contributed by atoms with Crippen molar-refractivity contribution >= 4 is 40.1 Å². The number of phenols is 2. The molecule has 2 aromatic rings. The molecule has 0 aliphatic carbocycles. The van der Waals surface area contributed by atoms with Gasteiger partial charge in [0.1, 0.15) is 16.0 Å². The zero-order chi connectivity index (χ0) is 14.9. The van der Waals surface area contributed by atoms with Crippen LogP contribution in [0.25, 0.3) is 5.57 Å². The van der Waals surface area contributed by atoms with Crippen LogP contribution in [0.5, 0.6) is 11.5 Å². The highest BCUT2D eigenvalue weighted by Gasteiger charge is 2.13. The number of benzene rings is 2. The van der Waals surface area contributed by atoms with Crippen molar-refractivity contribution < 1.29 is 10.2 Å². The molecule has 0 saturated carbocycles. The third-order valence-electron chi connectivity index (χ3n) is 2.83. The Kier molecular flexibility index (Phi) is 3.97. The Labute approximate surface area is 125 Å². The van der Waals surface area contributed by atoms with Crippen LogP contribution < -0.4 is 11.5 Å². The number of phenolic OH excluding ortho intramolecular Hbond substituents is 2. The summed E-state index contributed by atoms with van der Waals surface area (Å²) in [6.07, 6.45) is 0. The lowest BCUT2D eigenvalue weighted by atomic mass is 9.98. The van der Waals surface area contributed by atoms with E-state index < -0.39 is 0 Å². The quantitative estimate of drug-likeness (QED) is 0.505. The highest BCUT2D eigenvalue weighted by molar-refractivity contribution is 6.59. The number of hydrogen-bond acceptors (Lipinski definition) is 4. The van der Waals surface area contributed by atoms with Crippen LogP contribution in [0.2, 0.25) is 0 Å². The van der Waals surface area contributed by atoms with E-state index in [1.165, 1.54) is 12.1 Å². The molecular weight excluding hydrogens is 299 g/mol. The van der Waals surface area contributed by atoms with Crippen LogP contribution in [0.3, 0.4) is 0 Å². The zero-order valence-corrected chi connectivity index (χ0v) is 11.8. The van der Waals surface area contributed by atoms with E-state index in [1.807, 2.05) is 0 Å². The van der Waals surface area contributed by atoms with Crippen molar-refractivity contribution in [2.24, 2.45) is 0 Å². The average Bonchev–Trinajstić information content (AvgIpc) is 2.38. The molecule has 0 unspecified atom stereocenters. The molecular formula is C14H12Cl2N2O2. The van der Waals surface area contributed by atoms with Crippen LogP contribution >= 0.6 is 23.2 Å². The number of halogens is 2. The predicted molar refractivity (Wildman–Crippen MR) is 82.8 cm³/mol. The molecule has 0 radical (unpaired) electrons. The monoisotopic (exact) mass is 310 g/mol. The van der Waals surface area contributed by atoms with Gasteiger partial charge in [-0.15, -0.1) is 0 Å². The summed E-state index contributed by atoms with van der Waals surface area (Å²) in [4.78, 5) is 0. The maximum atomic E-state index is 9.67. The second kappa shape index (κ2) is 5.53. The van der Waals surface area contributed by atoms with Crippen LogP contribution in [-0.2, 0) is 0 Å². The van der Waals surface area contributed by atoms with E-state index in [9.17, 15) is 10.2 Å². The van der Waals surface area contributed by atoms with E-state index in [-0.39, 0.29) is 27.4 Å². The first-order valence-corrected chi connectivity index (χ1v) is 6.38. The molecule has 0 aliphatic heterocycles. The molecule has 0 fully saturated rings. The van der Waals surface area contributed by atoms with Crippen LogP contribution in [0.15, 0.2) is 40.9 Å². The molecule has 0 bridgehead atoms. The van der Waals surface area contributed by atoms with Gasteiger partial charge in [-0.2, -0.15) is 0 Å². The fourth-order valence-corrected chi connectivity index (χ4v) is 2.22. The minimum absolute atomic E-state index is 0.00153. The first-order chi connectivity index (χ1) is 9.40. The lowest BCUT2D eigenvalue weighted by Gasteiger charge is -2.11. The summed E-state index contributed by atoms with van der Waals surface area (Å²) in [6.45, 7) is 0. The van der Waals surface area contributed by atoms with Gasteiger partial charge in [-0.1, -0.05) is 35.3 Å². The molecule has 0 saturated heterocycles. The predicted octanol–water partition coefficient (Wildman–Crippen LogP) is 3.46. The summed E-state index contributed by atoms with van der Waals surface area (Å²) in [5, 5.41) is 19.3. The van der Waals surface area contributed by atoms with E-state index in [0.717, 1.165) is 0 Å². The number of hydrogen-bond donors (Lipinski definition) is 4. The Morgan fingerprint density at radius 1 is 0.800 bits per heavy atom. The fraction of sp³-hybridized carbons (Fsp3) is 0. The van der Waals surface area contributed by atoms with Crippen molar-refractivity contribution in [1.82, 2.24) is 0 Å². The molecule has 0 atom stereocenters. The molecule has 0 aliphatic rings. The summed E-state index contributed by atoms with van der Waals surface area (Å²) in [7, 11) is 0. The Hall–Kier alpha value is -2.04. The Balaban J connectivity index is 2.60. The minimum atomic E-state index is -0.0748. The van der Waals surface area contributed by atoms with Gasteiger partial charge >= 0.3 is 0 Å². The van der Waals surface area contributed by atoms with Crippen LogP contribution in [0.1, 0.15) is 11.1 Å². The van der Waals surface area contributed by atoms with Crippen molar-refractivity contribution in [3.8, 4) is 11.5 Å². The SMILES string of the molecule is Nc1ccc(C(=C(Cl)Cl)c2ccc(N)c(O)c2)cc1O. The molecule has 2 rings (SSSR count). The zero-order valence-electron chi connectivity index (χ0n) is 10.3. The van der Waals surface area contributed by atoms with Crippen LogP contribution in [-0.4, -0.2) is 10.2 Å².